The minimum Gasteiger partial charge on any atom is -0.306 e. The molecule has 2 heterocycles. The zero-order chi connectivity index (χ0) is 9.97. The van der Waals surface area contributed by atoms with Crippen molar-refractivity contribution in [3.63, 3.8) is 0 Å². The van der Waals surface area contributed by atoms with Gasteiger partial charge in [0.05, 0.1) is 0 Å². The Bertz CT molecular complexity index is 495. The molecule has 70 valence electrons. The van der Waals surface area contributed by atoms with E-state index in [2.05, 4.69) is 15.0 Å². The molecule has 0 saturated heterocycles. The van der Waals surface area contributed by atoms with Crippen LogP contribution in [0.15, 0.2) is 35.4 Å². The topological polar surface area (TPSA) is 58.6 Å². The summed E-state index contributed by atoms with van der Waals surface area (Å²) in [5.74, 6) is 0.426. The highest BCUT2D eigenvalue weighted by molar-refractivity contribution is 6.29. The van der Waals surface area contributed by atoms with Crippen molar-refractivity contribution in [1.29, 1.82) is 0 Å². The van der Waals surface area contributed by atoms with Crippen LogP contribution in [0.4, 0.5) is 0 Å². The standard InChI is InChI=1S/C9H6ClN3O/c10-7-4-8(14)13-9(12-7)6-2-1-3-11-5-6/h1-5H,(H,12,13,14). The van der Waals surface area contributed by atoms with Crippen LogP contribution in [0, 0.1) is 0 Å². The fraction of sp³-hybridized carbons (Fsp3) is 0. The normalized spacial score (nSPS) is 10.1. The predicted molar refractivity (Wildman–Crippen MR) is 53.1 cm³/mol. The van der Waals surface area contributed by atoms with Crippen molar-refractivity contribution >= 4 is 11.6 Å². The average Bonchev–Trinajstić information content (AvgIpc) is 2.18. The fourth-order valence-corrected chi connectivity index (χ4v) is 1.25. The molecule has 2 aromatic rings. The summed E-state index contributed by atoms with van der Waals surface area (Å²) in [6.45, 7) is 0. The molecular weight excluding hydrogens is 202 g/mol. The van der Waals surface area contributed by atoms with Gasteiger partial charge in [-0.15, -0.1) is 0 Å². The molecule has 0 aliphatic heterocycles. The largest absolute Gasteiger partial charge is 0.306 e. The van der Waals surface area contributed by atoms with Gasteiger partial charge in [-0.1, -0.05) is 11.6 Å². The third-order valence-electron chi connectivity index (χ3n) is 1.65. The van der Waals surface area contributed by atoms with Gasteiger partial charge in [0, 0.05) is 24.0 Å². The zero-order valence-electron chi connectivity index (χ0n) is 7.07. The zero-order valence-corrected chi connectivity index (χ0v) is 7.82. The van der Waals surface area contributed by atoms with Gasteiger partial charge in [-0.3, -0.25) is 9.78 Å². The number of aromatic nitrogens is 3. The molecule has 0 unspecified atom stereocenters. The molecule has 0 fully saturated rings. The molecule has 2 rings (SSSR count). The number of rotatable bonds is 1. The molecule has 2 aromatic heterocycles. The summed E-state index contributed by atoms with van der Waals surface area (Å²) in [6, 6.07) is 4.78. The van der Waals surface area contributed by atoms with Gasteiger partial charge in [0.25, 0.3) is 5.56 Å². The summed E-state index contributed by atoms with van der Waals surface area (Å²) in [7, 11) is 0. The van der Waals surface area contributed by atoms with Gasteiger partial charge in [-0.25, -0.2) is 4.98 Å². The van der Waals surface area contributed by atoms with Crippen LogP contribution < -0.4 is 5.56 Å². The first-order valence-corrected chi connectivity index (χ1v) is 4.31. The molecule has 0 bridgehead atoms. The second-order valence-electron chi connectivity index (χ2n) is 2.66. The Morgan fingerprint density at radius 3 is 2.93 bits per heavy atom. The van der Waals surface area contributed by atoms with E-state index >= 15 is 0 Å². The van der Waals surface area contributed by atoms with E-state index in [1.807, 2.05) is 0 Å². The lowest BCUT2D eigenvalue weighted by atomic mass is 10.3. The molecule has 0 radical (unpaired) electrons. The molecule has 0 aliphatic carbocycles. The van der Waals surface area contributed by atoms with Gasteiger partial charge >= 0.3 is 0 Å². The average molecular weight is 208 g/mol. The van der Waals surface area contributed by atoms with E-state index in [-0.39, 0.29) is 10.7 Å². The summed E-state index contributed by atoms with van der Waals surface area (Å²) in [5, 5.41) is 0.174. The van der Waals surface area contributed by atoms with Crippen LogP contribution in [0.3, 0.4) is 0 Å². The quantitative estimate of drug-likeness (QED) is 0.721. The van der Waals surface area contributed by atoms with Gasteiger partial charge in [0.1, 0.15) is 11.0 Å². The van der Waals surface area contributed by atoms with Crippen molar-refractivity contribution in [1.82, 2.24) is 15.0 Å². The minimum absolute atomic E-state index is 0.174. The number of hydrogen-bond donors (Lipinski definition) is 1. The molecular formula is C9H6ClN3O. The highest BCUT2D eigenvalue weighted by Gasteiger charge is 2.01. The first kappa shape index (κ1) is 8.90. The third kappa shape index (κ3) is 1.80. The van der Waals surface area contributed by atoms with Crippen LogP contribution in [0.1, 0.15) is 0 Å². The van der Waals surface area contributed by atoms with Gasteiger partial charge in [0.15, 0.2) is 0 Å². The Hall–Kier alpha value is -1.68. The van der Waals surface area contributed by atoms with E-state index < -0.39 is 0 Å². The number of nitrogens with one attached hydrogen (secondary N) is 1. The smallest absolute Gasteiger partial charge is 0.252 e. The molecule has 0 spiro atoms. The molecule has 5 heteroatoms. The third-order valence-corrected chi connectivity index (χ3v) is 1.84. The number of H-pyrrole nitrogens is 1. The summed E-state index contributed by atoms with van der Waals surface area (Å²) in [6.07, 6.45) is 3.25. The van der Waals surface area contributed by atoms with Crippen molar-refractivity contribution in [2.75, 3.05) is 0 Å². The number of hydrogen-bond acceptors (Lipinski definition) is 3. The van der Waals surface area contributed by atoms with Crippen molar-refractivity contribution in [2.24, 2.45) is 0 Å². The minimum atomic E-state index is -0.274. The van der Waals surface area contributed by atoms with Crippen LogP contribution in [0.5, 0.6) is 0 Å². The summed E-state index contributed by atoms with van der Waals surface area (Å²) < 4.78 is 0. The highest BCUT2D eigenvalue weighted by Crippen LogP contribution is 2.12. The van der Waals surface area contributed by atoms with Crippen LogP contribution in [-0.4, -0.2) is 15.0 Å². The van der Waals surface area contributed by atoms with Gasteiger partial charge in [0.2, 0.25) is 0 Å². The van der Waals surface area contributed by atoms with E-state index in [1.54, 1.807) is 24.5 Å². The highest BCUT2D eigenvalue weighted by atomic mass is 35.5. The maximum Gasteiger partial charge on any atom is 0.252 e. The van der Waals surface area contributed by atoms with E-state index in [9.17, 15) is 4.79 Å². The Morgan fingerprint density at radius 2 is 2.29 bits per heavy atom. The molecule has 14 heavy (non-hydrogen) atoms. The Kier molecular flexibility index (Phi) is 2.28. The number of nitrogens with zero attached hydrogens (tertiary/aromatic N) is 2. The van der Waals surface area contributed by atoms with E-state index in [1.165, 1.54) is 6.07 Å². The fourth-order valence-electron chi connectivity index (χ4n) is 1.07. The van der Waals surface area contributed by atoms with Gasteiger partial charge < -0.3 is 4.98 Å². The molecule has 0 aliphatic rings. The molecule has 1 N–H and O–H groups in total. The lowest BCUT2D eigenvalue weighted by molar-refractivity contribution is 1.12. The summed E-state index contributed by atoms with van der Waals surface area (Å²) in [5.41, 5.74) is 0.455. The molecule has 0 atom stereocenters. The van der Waals surface area contributed by atoms with Gasteiger partial charge in [-0.2, -0.15) is 0 Å². The van der Waals surface area contributed by atoms with Crippen molar-refractivity contribution in [3.05, 3.63) is 46.1 Å². The van der Waals surface area contributed by atoms with Crippen LogP contribution >= 0.6 is 11.6 Å². The van der Waals surface area contributed by atoms with Crippen molar-refractivity contribution in [3.8, 4) is 11.4 Å². The van der Waals surface area contributed by atoms with Crippen LogP contribution in [0.25, 0.3) is 11.4 Å². The monoisotopic (exact) mass is 207 g/mol. The van der Waals surface area contributed by atoms with Crippen molar-refractivity contribution in [2.45, 2.75) is 0 Å². The molecule has 0 amide bonds. The van der Waals surface area contributed by atoms with Crippen LogP contribution in [-0.2, 0) is 0 Å². The maximum absolute atomic E-state index is 11.1. The molecule has 0 saturated carbocycles. The van der Waals surface area contributed by atoms with Crippen molar-refractivity contribution < 1.29 is 0 Å². The maximum atomic E-state index is 11.1. The number of halogens is 1. The predicted octanol–water partition coefficient (Wildman–Crippen LogP) is 1.49. The second-order valence-corrected chi connectivity index (χ2v) is 3.05. The van der Waals surface area contributed by atoms with E-state index in [0.717, 1.165) is 5.56 Å². The summed E-state index contributed by atoms with van der Waals surface area (Å²) in [4.78, 5) is 21.5. The lowest BCUT2D eigenvalue weighted by Crippen LogP contribution is -2.07. The molecule has 4 nitrogen and oxygen atoms in total. The first-order chi connectivity index (χ1) is 6.75. The second kappa shape index (κ2) is 3.59. The Labute approximate surface area is 84.6 Å². The van der Waals surface area contributed by atoms with E-state index in [0.29, 0.717) is 5.82 Å². The Morgan fingerprint density at radius 1 is 1.43 bits per heavy atom. The van der Waals surface area contributed by atoms with Crippen LogP contribution in [0.2, 0.25) is 5.15 Å². The summed E-state index contributed by atoms with van der Waals surface area (Å²) >= 11 is 5.65. The van der Waals surface area contributed by atoms with Gasteiger partial charge in [-0.05, 0) is 12.1 Å². The Balaban J connectivity index is 2.58. The number of pyridine rings is 1. The first-order valence-electron chi connectivity index (χ1n) is 3.93. The lowest BCUT2D eigenvalue weighted by Gasteiger charge is -1.98. The SMILES string of the molecule is O=c1cc(Cl)nc(-c2cccnc2)[nH]1. The van der Waals surface area contributed by atoms with E-state index in [4.69, 9.17) is 11.6 Å². The number of aromatic amines is 1. The molecule has 0 aromatic carbocycles.